The summed E-state index contributed by atoms with van der Waals surface area (Å²) in [7, 11) is 3.10. The van der Waals surface area contributed by atoms with Crippen LogP contribution in [0.15, 0.2) is 18.2 Å². The van der Waals surface area contributed by atoms with E-state index in [0.29, 0.717) is 12.3 Å². The number of benzene rings is 1. The highest BCUT2D eigenvalue weighted by atomic mass is 16.6. The highest BCUT2D eigenvalue weighted by molar-refractivity contribution is 5.74. The summed E-state index contributed by atoms with van der Waals surface area (Å²) >= 11 is 0. The molecule has 0 aromatic heterocycles. The zero-order valence-corrected chi connectivity index (χ0v) is 11.4. The molecule has 0 saturated carbocycles. The Balaban J connectivity index is 2.61. The minimum absolute atomic E-state index is 0.0875. The Bertz CT molecular complexity index is 404. The summed E-state index contributed by atoms with van der Waals surface area (Å²) in [6.07, 6.45) is 1.25. The summed E-state index contributed by atoms with van der Waals surface area (Å²) < 4.78 is 5.18. The summed E-state index contributed by atoms with van der Waals surface area (Å²) in [5, 5.41) is 0. The van der Waals surface area contributed by atoms with Gasteiger partial charge in [0.1, 0.15) is 5.75 Å². The van der Waals surface area contributed by atoms with Crippen LogP contribution in [0, 0.1) is 6.92 Å². The summed E-state index contributed by atoms with van der Waals surface area (Å²) in [6.45, 7) is 4.18. The van der Waals surface area contributed by atoms with E-state index in [1.165, 1.54) is 18.2 Å². The van der Waals surface area contributed by atoms with Gasteiger partial charge in [0.05, 0.1) is 14.2 Å². The molecule has 100 valence electrons. The Morgan fingerprint density at radius 1 is 1.39 bits per heavy atom. The van der Waals surface area contributed by atoms with E-state index in [4.69, 9.17) is 4.74 Å². The maximum atomic E-state index is 11.3. The van der Waals surface area contributed by atoms with E-state index in [-0.39, 0.29) is 5.91 Å². The van der Waals surface area contributed by atoms with Crippen molar-refractivity contribution in [2.45, 2.75) is 32.6 Å². The number of carbonyl (C=O) groups excluding carboxylic acids is 1. The van der Waals surface area contributed by atoms with Gasteiger partial charge in [-0.3, -0.25) is 9.63 Å². The minimum atomic E-state index is -0.0875. The zero-order chi connectivity index (χ0) is 13.5. The molecule has 1 rings (SSSR count). The van der Waals surface area contributed by atoms with Crippen LogP contribution in [0.1, 0.15) is 36.8 Å². The number of carbonyl (C=O) groups is 1. The molecule has 0 fully saturated rings. The van der Waals surface area contributed by atoms with E-state index in [0.717, 1.165) is 12.2 Å². The molecule has 4 nitrogen and oxygen atoms in total. The van der Waals surface area contributed by atoms with Gasteiger partial charge in [0.2, 0.25) is 5.91 Å². The van der Waals surface area contributed by atoms with Gasteiger partial charge in [-0.15, -0.1) is 0 Å². The Hall–Kier alpha value is -1.55. The molecule has 0 aliphatic rings. The zero-order valence-electron chi connectivity index (χ0n) is 11.4. The topological polar surface area (TPSA) is 47.6 Å². The van der Waals surface area contributed by atoms with Gasteiger partial charge in [-0.2, -0.15) is 0 Å². The van der Waals surface area contributed by atoms with Crippen LogP contribution in [-0.4, -0.2) is 20.1 Å². The van der Waals surface area contributed by atoms with Crippen LogP contribution in [0.25, 0.3) is 0 Å². The molecule has 0 aliphatic heterocycles. The first-order chi connectivity index (χ1) is 8.58. The van der Waals surface area contributed by atoms with Crippen LogP contribution >= 0.6 is 0 Å². The van der Waals surface area contributed by atoms with Crippen molar-refractivity contribution in [3.63, 3.8) is 0 Å². The Morgan fingerprint density at radius 3 is 2.67 bits per heavy atom. The summed E-state index contributed by atoms with van der Waals surface area (Å²) in [5.74, 6) is 1.11. The SMILES string of the molecule is CONC(=O)CC[C@@H](C)c1ccc(OC)cc1C. The second kappa shape index (κ2) is 7.01. The van der Waals surface area contributed by atoms with E-state index in [1.54, 1.807) is 7.11 Å². The van der Waals surface area contributed by atoms with E-state index < -0.39 is 0 Å². The number of amides is 1. The van der Waals surface area contributed by atoms with E-state index in [9.17, 15) is 4.79 Å². The lowest BCUT2D eigenvalue weighted by molar-refractivity contribution is -0.131. The fraction of sp³-hybridized carbons (Fsp3) is 0.500. The fourth-order valence-electron chi connectivity index (χ4n) is 2.00. The Morgan fingerprint density at radius 2 is 2.11 bits per heavy atom. The molecular formula is C14H21NO3. The standard InChI is InChI=1S/C14H21NO3/c1-10(5-8-14(16)15-18-4)13-7-6-12(17-3)9-11(13)2/h6-7,9-10H,5,8H2,1-4H3,(H,15,16)/t10-/m1/s1. The van der Waals surface area contributed by atoms with Crippen molar-refractivity contribution in [3.05, 3.63) is 29.3 Å². The van der Waals surface area contributed by atoms with Gasteiger partial charge < -0.3 is 4.74 Å². The summed E-state index contributed by atoms with van der Waals surface area (Å²) in [5.41, 5.74) is 4.77. The summed E-state index contributed by atoms with van der Waals surface area (Å²) in [6, 6.07) is 6.03. The molecule has 18 heavy (non-hydrogen) atoms. The Kier molecular flexibility index (Phi) is 5.65. The number of hydrogen-bond donors (Lipinski definition) is 1. The van der Waals surface area contributed by atoms with E-state index in [2.05, 4.69) is 30.2 Å². The lowest BCUT2D eigenvalue weighted by Crippen LogP contribution is -2.21. The number of ether oxygens (including phenoxy) is 1. The first-order valence-corrected chi connectivity index (χ1v) is 6.04. The van der Waals surface area contributed by atoms with Gasteiger partial charge in [0.15, 0.2) is 0 Å². The largest absolute Gasteiger partial charge is 0.497 e. The van der Waals surface area contributed by atoms with Gasteiger partial charge in [-0.1, -0.05) is 13.0 Å². The van der Waals surface area contributed by atoms with Gasteiger partial charge in [-0.25, -0.2) is 5.48 Å². The molecule has 1 atom stereocenters. The molecule has 1 amide bonds. The van der Waals surface area contributed by atoms with Crippen molar-refractivity contribution in [2.24, 2.45) is 0 Å². The molecule has 4 heteroatoms. The molecule has 1 aromatic carbocycles. The number of hydrogen-bond acceptors (Lipinski definition) is 3. The van der Waals surface area contributed by atoms with Crippen LogP contribution in [0.3, 0.4) is 0 Å². The van der Waals surface area contributed by atoms with Crippen molar-refractivity contribution in [1.29, 1.82) is 0 Å². The third kappa shape index (κ3) is 4.04. The molecular weight excluding hydrogens is 230 g/mol. The van der Waals surface area contributed by atoms with Gasteiger partial charge >= 0.3 is 0 Å². The van der Waals surface area contributed by atoms with Crippen molar-refractivity contribution >= 4 is 5.91 Å². The molecule has 0 unspecified atom stereocenters. The van der Waals surface area contributed by atoms with Gasteiger partial charge in [-0.05, 0) is 42.5 Å². The van der Waals surface area contributed by atoms with Crippen molar-refractivity contribution in [1.82, 2.24) is 5.48 Å². The normalized spacial score (nSPS) is 12.0. The van der Waals surface area contributed by atoms with Crippen molar-refractivity contribution < 1.29 is 14.4 Å². The van der Waals surface area contributed by atoms with Gasteiger partial charge in [0.25, 0.3) is 0 Å². The molecule has 0 heterocycles. The first kappa shape index (κ1) is 14.5. The lowest BCUT2D eigenvalue weighted by Gasteiger charge is -2.15. The number of methoxy groups -OCH3 is 1. The highest BCUT2D eigenvalue weighted by Crippen LogP contribution is 2.26. The Labute approximate surface area is 108 Å². The molecule has 0 spiro atoms. The molecule has 0 saturated heterocycles. The third-order valence-corrected chi connectivity index (χ3v) is 3.03. The highest BCUT2D eigenvalue weighted by Gasteiger charge is 2.11. The van der Waals surface area contributed by atoms with Crippen LogP contribution in [0.4, 0.5) is 0 Å². The maximum absolute atomic E-state index is 11.3. The van der Waals surface area contributed by atoms with Crippen LogP contribution in [-0.2, 0) is 9.63 Å². The quantitative estimate of drug-likeness (QED) is 0.790. The van der Waals surface area contributed by atoms with E-state index in [1.807, 2.05) is 12.1 Å². The smallest absolute Gasteiger partial charge is 0.243 e. The molecule has 1 aromatic rings. The average molecular weight is 251 g/mol. The first-order valence-electron chi connectivity index (χ1n) is 6.04. The predicted molar refractivity (Wildman–Crippen MR) is 70.5 cm³/mol. The van der Waals surface area contributed by atoms with E-state index >= 15 is 0 Å². The van der Waals surface area contributed by atoms with Crippen molar-refractivity contribution in [2.75, 3.05) is 14.2 Å². The predicted octanol–water partition coefficient (Wildman–Crippen LogP) is 2.56. The summed E-state index contributed by atoms with van der Waals surface area (Å²) in [4.78, 5) is 15.9. The molecule has 1 N–H and O–H groups in total. The number of hydroxylamine groups is 1. The molecule has 0 bridgehead atoms. The maximum Gasteiger partial charge on any atom is 0.243 e. The molecule has 0 radical (unpaired) electrons. The second-order valence-corrected chi connectivity index (χ2v) is 4.39. The van der Waals surface area contributed by atoms with Crippen LogP contribution in [0.2, 0.25) is 0 Å². The number of aryl methyl sites for hydroxylation is 1. The number of rotatable bonds is 6. The lowest BCUT2D eigenvalue weighted by atomic mass is 9.92. The minimum Gasteiger partial charge on any atom is -0.497 e. The fourth-order valence-corrected chi connectivity index (χ4v) is 2.00. The van der Waals surface area contributed by atoms with Crippen LogP contribution in [0.5, 0.6) is 5.75 Å². The second-order valence-electron chi connectivity index (χ2n) is 4.39. The average Bonchev–Trinajstić information content (AvgIpc) is 2.36. The third-order valence-electron chi connectivity index (χ3n) is 3.03. The van der Waals surface area contributed by atoms with Crippen LogP contribution < -0.4 is 10.2 Å². The van der Waals surface area contributed by atoms with Crippen molar-refractivity contribution in [3.8, 4) is 5.75 Å². The van der Waals surface area contributed by atoms with Gasteiger partial charge in [0, 0.05) is 6.42 Å². The number of nitrogens with one attached hydrogen (secondary N) is 1. The monoisotopic (exact) mass is 251 g/mol. The molecule has 0 aliphatic carbocycles.